The first kappa shape index (κ1) is 12.9. The molecule has 18 heavy (non-hydrogen) atoms. The second-order valence-corrected chi connectivity index (χ2v) is 4.69. The van der Waals surface area contributed by atoms with Gasteiger partial charge in [-0.2, -0.15) is 0 Å². The van der Waals surface area contributed by atoms with Crippen LogP contribution in [-0.4, -0.2) is 10.9 Å². The maximum atomic E-state index is 5.72. The molecule has 0 atom stereocenters. The number of anilines is 2. The Morgan fingerprint density at radius 3 is 2.94 bits per heavy atom. The molecular weight excluding hydrogens is 244 g/mol. The molecule has 0 aliphatic heterocycles. The Kier molecular flexibility index (Phi) is 4.59. The van der Waals surface area contributed by atoms with Crippen LogP contribution in [0.5, 0.6) is 0 Å². The van der Waals surface area contributed by atoms with Crippen LogP contribution in [0.2, 0.25) is 0 Å². The highest BCUT2D eigenvalue weighted by Gasteiger charge is 1.99. The molecule has 2 nitrogen and oxygen atoms in total. The average molecular weight is 261 g/mol. The molecule has 3 heteroatoms. The number of hydrogen-bond acceptors (Lipinski definition) is 2. The second-order valence-electron chi connectivity index (χ2n) is 4.31. The number of pyridine rings is 1. The summed E-state index contributed by atoms with van der Waals surface area (Å²) in [5.74, 6) is 0.709. The van der Waals surface area contributed by atoms with E-state index in [9.17, 15) is 0 Å². The Bertz CT molecular complexity index is 511. The lowest BCUT2D eigenvalue weighted by Gasteiger charge is -2.10. The molecule has 2 rings (SSSR count). The smallest absolute Gasteiger partial charge is 0.0444 e. The number of nitrogens with zero attached hydrogens (tertiary/aromatic N) is 1. The summed E-state index contributed by atoms with van der Waals surface area (Å²) in [6.07, 6.45) is 5.69. The first-order chi connectivity index (χ1) is 8.79. The van der Waals surface area contributed by atoms with E-state index in [1.165, 1.54) is 5.56 Å². The molecule has 0 amide bonds. The predicted molar refractivity (Wildman–Crippen MR) is 77.7 cm³/mol. The molecule has 0 saturated heterocycles. The third kappa shape index (κ3) is 3.47. The van der Waals surface area contributed by atoms with Gasteiger partial charge in [-0.25, -0.2) is 0 Å². The van der Waals surface area contributed by atoms with Crippen molar-refractivity contribution < 1.29 is 0 Å². The molecule has 1 aromatic heterocycles. The predicted octanol–water partition coefficient (Wildman–Crippen LogP) is 4.31. The number of aryl methyl sites for hydroxylation is 2. The summed E-state index contributed by atoms with van der Waals surface area (Å²) in [7, 11) is 0. The van der Waals surface area contributed by atoms with E-state index in [-0.39, 0.29) is 0 Å². The van der Waals surface area contributed by atoms with Crippen molar-refractivity contribution in [3.8, 4) is 0 Å². The number of halogens is 1. The van der Waals surface area contributed by atoms with E-state index in [1.54, 1.807) is 6.20 Å². The highest BCUT2D eigenvalue weighted by atomic mass is 35.5. The van der Waals surface area contributed by atoms with Gasteiger partial charge in [-0.05, 0) is 49.1 Å². The lowest BCUT2D eigenvalue weighted by Crippen LogP contribution is -1.95. The van der Waals surface area contributed by atoms with Crippen molar-refractivity contribution in [2.75, 3.05) is 11.2 Å². The molecule has 0 spiro atoms. The zero-order valence-electron chi connectivity index (χ0n) is 10.5. The Morgan fingerprint density at radius 1 is 1.28 bits per heavy atom. The minimum absolute atomic E-state index is 0.709. The van der Waals surface area contributed by atoms with Crippen molar-refractivity contribution in [2.24, 2.45) is 0 Å². The molecule has 0 bridgehead atoms. The van der Waals surface area contributed by atoms with Crippen molar-refractivity contribution in [3.05, 3.63) is 53.9 Å². The van der Waals surface area contributed by atoms with Gasteiger partial charge in [-0.3, -0.25) is 4.98 Å². The number of hydrogen-bond donors (Lipinski definition) is 1. The van der Waals surface area contributed by atoms with E-state index in [1.807, 2.05) is 19.2 Å². The van der Waals surface area contributed by atoms with E-state index in [4.69, 9.17) is 11.6 Å². The minimum Gasteiger partial charge on any atom is -0.355 e. The molecule has 0 fully saturated rings. The SMILES string of the molecule is Cc1cnccc1Nc1cccc(CCCCl)c1. The Morgan fingerprint density at radius 2 is 2.17 bits per heavy atom. The Hall–Kier alpha value is -1.54. The summed E-state index contributed by atoms with van der Waals surface area (Å²) in [4.78, 5) is 4.09. The highest BCUT2D eigenvalue weighted by molar-refractivity contribution is 6.17. The van der Waals surface area contributed by atoms with Gasteiger partial charge >= 0.3 is 0 Å². The van der Waals surface area contributed by atoms with Gasteiger partial charge in [0.1, 0.15) is 0 Å². The second kappa shape index (κ2) is 6.41. The van der Waals surface area contributed by atoms with Gasteiger partial charge in [0.15, 0.2) is 0 Å². The topological polar surface area (TPSA) is 24.9 Å². The monoisotopic (exact) mass is 260 g/mol. The number of nitrogens with one attached hydrogen (secondary N) is 1. The summed E-state index contributed by atoms with van der Waals surface area (Å²) < 4.78 is 0. The number of benzene rings is 1. The van der Waals surface area contributed by atoms with Crippen LogP contribution in [0.1, 0.15) is 17.5 Å². The molecule has 1 N–H and O–H groups in total. The molecule has 0 unspecified atom stereocenters. The van der Waals surface area contributed by atoms with Crippen LogP contribution in [0.25, 0.3) is 0 Å². The maximum Gasteiger partial charge on any atom is 0.0444 e. The summed E-state index contributed by atoms with van der Waals surface area (Å²) >= 11 is 5.72. The molecule has 0 saturated carbocycles. The quantitative estimate of drug-likeness (QED) is 0.811. The van der Waals surface area contributed by atoms with Gasteiger partial charge in [0, 0.05) is 29.6 Å². The van der Waals surface area contributed by atoms with E-state index in [2.05, 4.69) is 34.6 Å². The van der Waals surface area contributed by atoms with Crippen LogP contribution in [0, 0.1) is 6.92 Å². The van der Waals surface area contributed by atoms with Gasteiger partial charge in [0.25, 0.3) is 0 Å². The minimum atomic E-state index is 0.709. The number of aromatic nitrogens is 1. The van der Waals surface area contributed by atoms with Crippen molar-refractivity contribution in [3.63, 3.8) is 0 Å². The molecule has 1 aromatic carbocycles. The fourth-order valence-electron chi connectivity index (χ4n) is 1.84. The van der Waals surface area contributed by atoms with E-state index in [0.717, 1.165) is 29.8 Å². The van der Waals surface area contributed by atoms with Crippen LogP contribution in [-0.2, 0) is 6.42 Å². The normalized spacial score (nSPS) is 10.3. The van der Waals surface area contributed by atoms with Gasteiger partial charge in [0.2, 0.25) is 0 Å². The fourth-order valence-corrected chi connectivity index (χ4v) is 1.98. The van der Waals surface area contributed by atoms with Crippen LogP contribution in [0.15, 0.2) is 42.7 Å². The van der Waals surface area contributed by atoms with E-state index < -0.39 is 0 Å². The third-order valence-electron chi connectivity index (χ3n) is 2.83. The molecule has 0 aliphatic carbocycles. The molecule has 0 aliphatic rings. The van der Waals surface area contributed by atoms with Crippen molar-refractivity contribution in [1.29, 1.82) is 0 Å². The van der Waals surface area contributed by atoms with Gasteiger partial charge in [-0.15, -0.1) is 11.6 Å². The van der Waals surface area contributed by atoms with Gasteiger partial charge in [-0.1, -0.05) is 12.1 Å². The van der Waals surface area contributed by atoms with Crippen LogP contribution >= 0.6 is 11.6 Å². The van der Waals surface area contributed by atoms with Crippen molar-refractivity contribution in [1.82, 2.24) is 4.98 Å². The van der Waals surface area contributed by atoms with Gasteiger partial charge in [0.05, 0.1) is 0 Å². The molecule has 94 valence electrons. The van der Waals surface area contributed by atoms with E-state index in [0.29, 0.717) is 5.88 Å². The standard InChI is InChI=1S/C15H17ClN2/c1-12-11-17-9-7-15(12)18-14-6-2-4-13(10-14)5-3-8-16/h2,4,6-7,9-11H,3,5,8H2,1H3,(H,17,18). The highest BCUT2D eigenvalue weighted by Crippen LogP contribution is 2.20. The molecule has 1 heterocycles. The summed E-state index contributed by atoms with van der Waals surface area (Å²) in [6, 6.07) is 10.4. The molecule has 0 radical (unpaired) electrons. The fraction of sp³-hybridized carbons (Fsp3) is 0.267. The molecular formula is C15H17ClN2. The first-order valence-corrected chi connectivity index (χ1v) is 6.65. The Labute approximate surface area is 113 Å². The maximum absolute atomic E-state index is 5.72. The van der Waals surface area contributed by atoms with Crippen LogP contribution in [0.3, 0.4) is 0 Å². The lowest BCUT2D eigenvalue weighted by atomic mass is 10.1. The summed E-state index contributed by atoms with van der Waals surface area (Å²) in [5.41, 5.74) is 4.66. The number of alkyl halides is 1. The number of rotatable bonds is 5. The molecule has 2 aromatic rings. The zero-order chi connectivity index (χ0) is 12.8. The van der Waals surface area contributed by atoms with Crippen molar-refractivity contribution in [2.45, 2.75) is 19.8 Å². The van der Waals surface area contributed by atoms with E-state index >= 15 is 0 Å². The summed E-state index contributed by atoms with van der Waals surface area (Å²) in [6.45, 7) is 2.05. The largest absolute Gasteiger partial charge is 0.355 e. The zero-order valence-corrected chi connectivity index (χ0v) is 11.2. The van der Waals surface area contributed by atoms with Crippen LogP contribution < -0.4 is 5.32 Å². The van der Waals surface area contributed by atoms with Crippen LogP contribution in [0.4, 0.5) is 11.4 Å². The Balaban J connectivity index is 2.12. The lowest BCUT2D eigenvalue weighted by molar-refractivity contribution is 0.929. The summed E-state index contributed by atoms with van der Waals surface area (Å²) in [5, 5.41) is 3.42. The average Bonchev–Trinajstić information content (AvgIpc) is 2.40. The van der Waals surface area contributed by atoms with Gasteiger partial charge < -0.3 is 5.32 Å². The first-order valence-electron chi connectivity index (χ1n) is 6.12. The van der Waals surface area contributed by atoms with Crippen molar-refractivity contribution >= 4 is 23.0 Å². The third-order valence-corrected chi connectivity index (χ3v) is 3.09.